The number of allylic oxidation sites excluding steroid dienone is 1. The highest BCUT2D eigenvalue weighted by molar-refractivity contribution is 6.02. The first kappa shape index (κ1) is 9.95. The summed E-state index contributed by atoms with van der Waals surface area (Å²) < 4.78 is 0. The molecule has 2 heteroatoms. The number of aliphatic imine (C=N–C) groups is 1. The van der Waals surface area contributed by atoms with Gasteiger partial charge in [0, 0.05) is 13.2 Å². The van der Waals surface area contributed by atoms with Crippen LogP contribution in [0.5, 0.6) is 0 Å². The van der Waals surface area contributed by atoms with Gasteiger partial charge in [-0.25, -0.2) is 4.99 Å². The lowest BCUT2D eigenvalue weighted by atomic mass is 10.1. The predicted octanol–water partition coefficient (Wildman–Crippen LogP) is 2.48. The molecular formula is C9H18N2. The topological polar surface area (TPSA) is 38.4 Å². The molecular weight excluding hydrogens is 136 g/mol. The molecule has 0 unspecified atom stereocenters. The summed E-state index contributed by atoms with van der Waals surface area (Å²) in [5.74, 6) is 0.634. The van der Waals surface area contributed by atoms with Gasteiger partial charge >= 0.3 is 0 Å². The third kappa shape index (κ3) is 2.58. The molecule has 2 nitrogen and oxygen atoms in total. The molecule has 0 atom stereocenters. The van der Waals surface area contributed by atoms with E-state index in [9.17, 15) is 0 Å². The molecule has 0 aromatic rings. The highest BCUT2D eigenvalue weighted by Gasteiger charge is 2.03. The van der Waals surface area contributed by atoms with Gasteiger partial charge in [0.25, 0.3) is 0 Å². The van der Waals surface area contributed by atoms with E-state index in [0.717, 1.165) is 5.57 Å². The molecule has 0 fully saturated rings. The van der Waals surface area contributed by atoms with Crippen molar-refractivity contribution in [2.24, 2.45) is 10.7 Å². The van der Waals surface area contributed by atoms with Gasteiger partial charge < -0.3 is 5.73 Å². The van der Waals surface area contributed by atoms with Gasteiger partial charge in [-0.2, -0.15) is 0 Å². The molecule has 0 aliphatic carbocycles. The van der Waals surface area contributed by atoms with Gasteiger partial charge in [0.15, 0.2) is 0 Å². The fourth-order valence-corrected chi connectivity index (χ4v) is 0.770. The molecule has 1 rings (SSSR count). The van der Waals surface area contributed by atoms with Crippen molar-refractivity contribution in [2.75, 3.05) is 0 Å². The minimum Gasteiger partial charge on any atom is -0.383 e. The quantitative estimate of drug-likeness (QED) is 0.572. The molecule has 1 aliphatic rings. The number of nitrogens with zero attached hydrogens (tertiary/aromatic N) is 1. The Morgan fingerprint density at radius 3 is 2.18 bits per heavy atom. The second-order valence-corrected chi connectivity index (χ2v) is 2.24. The van der Waals surface area contributed by atoms with Crippen molar-refractivity contribution in [3.8, 4) is 0 Å². The Morgan fingerprint density at radius 1 is 1.45 bits per heavy atom. The Hall–Kier alpha value is -1.05. The second kappa shape index (κ2) is 4.72. The van der Waals surface area contributed by atoms with Crippen LogP contribution in [0.25, 0.3) is 0 Å². The molecule has 0 aromatic carbocycles. The van der Waals surface area contributed by atoms with E-state index < -0.39 is 0 Å². The van der Waals surface area contributed by atoms with E-state index in [1.165, 1.54) is 5.57 Å². The zero-order valence-corrected chi connectivity index (χ0v) is 7.68. The standard InChI is InChI=1S/C7H10N2.C2H6.H2/c1-5(2)6-3-4-9-7(6)8;1-2;/h3-4H,1-2H3,(H2,8,9);1-2H3;1H. The monoisotopic (exact) mass is 154 g/mol. The van der Waals surface area contributed by atoms with Crippen molar-refractivity contribution in [3.05, 3.63) is 23.4 Å². The van der Waals surface area contributed by atoms with Gasteiger partial charge in [0.1, 0.15) is 5.84 Å². The molecule has 2 N–H and O–H groups in total. The van der Waals surface area contributed by atoms with Gasteiger partial charge in [-0.3, -0.25) is 0 Å². The molecule has 11 heavy (non-hydrogen) atoms. The van der Waals surface area contributed by atoms with Crippen LogP contribution in [0, 0.1) is 0 Å². The second-order valence-electron chi connectivity index (χ2n) is 2.24. The minimum absolute atomic E-state index is 0. The Kier molecular flexibility index (Phi) is 4.27. The highest BCUT2D eigenvalue weighted by atomic mass is 14.9. The summed E-state index contributed by atoms with van der Waals surface area (Å²) in [4.78, 5) is 3.89. The van der Waals surface area contributed by atoms with Crippen LogP contribution in [-0.4, -0.2) is 5.84 Å². The maximum absolute atomic E-state index is 5.51. The van der Waals surface area contributed by atoms with E-state index in [4.69, 9.17) is 5.73 Å². The van der Waals surface area contributed by atoms with E-state index >= 15 is 0 Å². The van der Waals surface area contributed by atoms with Crippen LogP contribution in [0.1, 0.15) is 29.1 Å². The van der Waals surface area contributed by atoms with Crippen LogP contribution in [0.2, 0.25) is 0 Å². The van der Waals surface area contributed by atoms with Gasteiger partial charge in [-0.1, -0.05) is 19.4 Å². The summed E-state index contributed by atoms with van der Waals surface area (Å²) in [6, 6.07) is 0. The molecule has 0 spiro atoms. The predicted molar refractivity (Wildman–Crippen MR) is 52.6 cm³/mol. The Morgan fingerprint density at radius 2 is 2.00 bits per heavy atom. The largest absolute Gasteiger partial charge is 0.383 e. The van der Waals surface area contributed by atoms with Crippen molar-refractivity contribution in [3.63, 3.8) is 0 Å². The number of hydrogen-bond donors (Lipinski definition) is 1. The number of amidine groups is 1. The Balaban J connectivity index is 0. The Bertz CT molecular complexity index is 211. The fraction of sp³-hybridized carbons (Fsp3) is 0.444. The molecule has 0 saturated carbocycles. The van der Waals surface area contributed by atoms with E-state index in [1.54, 1.807) is 6.20 Å². The smallest absolute Gasteiger partial charge is 0.130 e. The van der Waals surface area contributed by atoms with Crippen LogP contribution in [0.4, 0.5) is 0 Å². The third-order valence-corrected chi connectivity index (χ3v) is 1.27. The average molecular weight is 154 g/mol. The van der Waals surface area contributed by atoms with Crippen LogP contribution >= 0.6 is 0 Å². The molecule has 0 radical (unpaired) electrons. The molecule has 64 valence electrons. The summed E-state index contributed by atoms with van der Waals surface area (Å²) in [5.41, 5.74) is 7.79. The number of rotatable bonds is 0. The molecule has 0 saturated heterocycles. The van der Waals surface area contributed by atoms with Gasteiger partial charge in [-0.15, -0.1) is 0 Å². The number of hydrogen-bond acceptors (Lipinski definition) is 2. The van der Waals surface area contributed by atoms with Gasteiger partial charge in [0.05, 0.1) is 0 Å². The summed E-state index contributed by atoms with van der Waals surface area (Å²) in [6.45, 7) is 8.04. The van der Waals surface area contributed by atoms with E-state index in [-0.39, 0.29) is 1.43 Å². The molecule has 0 aromatic heterocycles. The summed E-state index contributed by atoms with van der Waals surface area (Å²) in [6.07, 6.45) is 3.64. The summed E-state index contributed by atoms with van der Waals surface area (Å²) >= 11 is 0. The normalized spacial score (nSPS) is 13.8. The van der Waals surface area contributed by atoms with Crippen LogP contribution < -0.4 is 5.73 Å². The van der Waals surface area contributed by atoms with Crippen molar-refractivity contribution in [1.82, 2.24) is 0 Å². The SMILES string of the molecule is CC.CC(C)=C1C=CN=C1N.[HH]. The van der Waals surface area contributed by atoms with E-state index in [2.05, 4.69) is 4.99 Å². The van der Waals surface area contributed by atoms with Crippen LogP contribution in [0.15, 0.2) is 28.4 Å². The van der Waals surface area contributed by atoms with Crippen molar-refractivity contribution in [1.29, 1.82) is 0 Å². The molecule has 1 heterocycles. The highest BCUT2D eigenvalue weighted by Crippen LogP contribution is 2.09. The maximum Gasteiger partial charge on any atom is 0.130 e. The minimum atomic E-state index is 0. The first-order valence-electron chi connectivity index (χ1n) is 3.89. The maximum atomic E-state index is 5.51. The third-order valence-electron chi connectivity index (χ3n) is 1.27. The van der Waals surface area contributed by atoms with Crippen molar-refractivity contribution in [2.45, 2.75) is 27.7 Å². The van der Waals surface area contributed by atoms with E-state index in [0.29, 0.717) is 5.84 Å². The number of nitrogens with two attached hydrogens (primary N) is 1. The lowest BCUT2D eigenvalue weighted by Gasteiger charge is -1.96. The average Bonchev–Trinajstić information content (AvgIpc) is 2.39. The lowest BCUT2D eigenvalue weighted by Crippen LogP contribution is -2.11. The zero-order chi connectivity index (χ0) is 8.85. The Labute approximate surface area is 70.0 Å². The molecule has 1 aliphatic heterocycles. The van der Waals surface area contributed by atoms with E-state index in [1.807, 2.05) is 33.8 Å². The van der Waals surface area contributed by atoms with Crippen molar-refractivity contribution >= 4 is 5.84 Å². The first-order chi connectivity index (χ1) is 5.22. The van der Waals surface area contributed by atoms with Gasteiger partial charge in [-0.05, 0) is 19.9 Å². The molecule has 0 amide bonds. The molecule has 0 bridgehead atoms. The van der Waals surface area contributed by atoms with Crippen LogP contribution in [-0.2, 0) is 0 Å². The lowest BCUT2D eigenvalue weighted by molar-refractivity contribution is 1.36. The summed E-state index contributed by atoms with van der Waals surface area (Å²) in [5, 5.41) is 0. The van der Waals surface area contributed by atoms with Crippen LogP contribution in [0.3, 0.4) is 0 Å². The van der Waals surface area contributed by atoms with Gasteiger partial charge in [0.2, 0.25) is 0 Å². The van der Waals surface area contributed by atoms with Crippen molar-refractivity contribution < 1.29 is 1.43 Å². The zero-order valence-electron chi connectivity index (χ0n) is 7.68. The summed E-state index contributed by atoms with van der Waals surface area (Å²) in [7, 11) is 0. The fourth-order valence-electron chi connectivity index (χ4n) is 0.770. The first-order valence-corrected chi connectivity index (χ1v) is 3.89.